The highest BCUT2D eigenvalue weighted by molar-refractivity contribution is 5.95. The van der Waals surface area contributed by atoms with Crippen molar-refractivity contribution in [2.75, 3.05) is 11.9 Å². The molecule has 1 heterocycles. The molecule has 1 amide bonds. The van der Waals surface area contributed by atoms with Crippen LogP contribution in [0.1, 0.15) is 22.8 Å². The molecule has 0 radical (unpaired) electrons. The second kappa shape index (κ2) is 4.39. The fraction of sp³-hybridized carbons (Fsp3) is 0.308. The van der Waals surface area contributed by atoms with E-state index in [0.29, 0.717) is 5.56 Å². The molecule has 1 unspecified atom stereocenters. The summed E-state index contributed by atoms with van der Waals surface area (Å²) in [5.41, 5.74) is 3.06. The van der Waals surface area contributed by atoms with Crippen LogP contribution in [0.15, 0.2) is 30.9 Å². The van der Waals surface area contributed by atoms with Gasteiger partial charge < -0.3 is 10.6 Å². The second-order valence-electron chi connectivity index (χ2n) is 4.05. The number of amides is 1. The maximum absolute atomic E-state index is 11.8. The molecule has 0 saturated carbocycles. The fourth-order valence-electron chi connectivity index (χ4n) is 1.78. The molecule has 0 saturated heterocycles. The van der Waals surface area contributed by atoms with Crippen LogP contribution >= 0.6 is 0 Å². The van der Waals surface area contributed by atoms with Crippen molar-refractivity contribution < 1.29 is 4.79 Å². The van der Waals surface area contributed by atoms with Gasteiger partial charge in [-0.25, -0.2) is 0 Å². The van der Waals surface area contributed by atoms with Crippen molar-refractivity contribution in [2.24, 2.45) is 0 Å². The number of hydrogen-bond donors (Lipinski definition) is 2. The third-order valence-corrected chi connectivity index (χ3v) is 2.79. The van der Waals surface area contributed by atoms with Gasteiger partial charge >= 0.3 is 0 Å². The van der Waals surface area contributed by atoms with E-state index >= 15 is 0 Å². The zero-order valence-corrected chi connectivity index (χ0v) is 9.42. The average Bonchev–Trinajstić information content (AvgIpc) is 2.75. The number of hydrogen-bond acceptors (Lipinski definition) is 2. The summed E-state index contributed by atoms with van der Waals surface area (Å²) < 4.78 is 0. The van der Waals surface area contributed by atoms with Gasteiger partial charge in [-0.15, -0.1) is 6.58 Å². The lowest BCUT2D eigenvalue weighted by molar-refractivity contribution is 0.0947. The van der Waals surface area contributed by atoms with Gasteiger partial charge in [-0.05, 0) is 31.0 Å². The summed E-state index contributed by atoms with van der Waals surface area (Å²) in [4.78, 5) is 11.8. The van der Waals surface area contributed by atoms with E-state index < -0.39 is 0 Å². The Labute approximate surface area is 95.6 Å². The minimum atomic E-state index is -0.0519. The van der Waals surface area contributed by atoms with Gasteiger partial charge in [-0.1, -0.05) is 12.1 Å². The van der Waals surface area contributed by atoms with Gasteiger partial charge in [-0.3, -0.25) is 4.79 Å². The summed E-state index contributed by atoms with van der Waals surface area (Å²) in [6.45, 7) is 6.50. The second-order valence-corrected chi connectivity index (χ2v) is 4.05. The average molecular weight is 216 g/mol. The van der Waals surface area contributed by atoms with Gasteiger partial charge in [0.15, 0.2) is 0 Å². The number of carbonyl (C=O) groups is 1. The molecule has 2 rings (SSSR count). The summed E-state index contributed by atoms with van der Waals surface area (Å²) in [5.74, 6) is -0.0519. The van der Waals surface area contributed by atoms with E-state index in [4.69, 9.17) is 0 Å². The highest BCUT2D eigenvalue weighted by Gasteiger charge is 2.13. The molecule has 1 aliphatic heterocycles. The molecule has 1 aromatic carbocycles. The predicted molar refractivity (Wildman–Crippen MR) is 65.8 cm³/mol. The third kappa shape index (κ3) is 2.08. The smallest absolute Gasteiger partial charge is 0.251 e. The summed E-state index contributed by atoms with van der Waals surface area (Å²) in [6.07, 6.45) is 2.75. The Morgan fingerprint density at radius 3 is 3.19 bits per heavy atom. The van der Waals surface area contributed by atoms with E-state index in [-0.39, 0.29) is 11.9 Å². The zero-order chi connectivity index (χ0) is 11.5. The van der Waals surface area contributed by atoms with Gasteiger partial charge in [0.1, 0.15) is 0 Å². The van der Waals surface area contributed by atoms with Gasteiger partial charge in [-0.2, -0.15) is 0 Å². The normalized spacial score (nSPS) is 14.8. The number of benzene rings is 1. The molecule has 0 bridgehead atoms. The molecular weight excluding hydrogens is 200 g/mol. The van der Waals surface area contributed by atoms with Gasteiger partial charge in [0, 0.05) is 23.8 Å². The van der Waals surface area contributed by atoms with Crippen molar-refractivity contribution in [2.45, 2.75) is 19.4 Å². The minimum Gasteiger partial charge on any atom is -0.384 e. The Bertz CT molecular complexity index is 426. The van der Waals surface area contributed by atoms with Crippen LogP contribution in [-0.2, 0) is 6.42 Å². The van der Waals surface area contributed by atoms with Crippen LogP contribution in [0.25, 0.3) is 0 Å². The maximum atomic E-state index is 11.8. The first-order chi connectivity index (χ1) is 7.70. The summed E-state index contributed by atoms with van der Waals surface area (Å²) in [5, 5.41) is 6.11. The van der Waals surface area contributed by atoms with Crippen LogP contribution in [0, 0.1) is 0 Å². The molecule has 0 fully saturated rings. The van der Waals surface area contributed by atoms with Gasteiger partial charge in [0.2, 0.25) is 0 Å². The van der Waals surface area contributed by atoms with E-state index in [1.807, 2.05) is 25.1 Å². The van der Waals surface area contributed by atoms with Crippen LogP contribution in [0.2, 0.25) is 0 Å². The lowest BCUT2D eigenvalue weighted by Crippen LogP contribution is -2.30. The van der Waals surface area contributed by atoms with Crippen LogP contribution in [0.3, 0.4) is 0 Å². The number of anilines is 1. The monoisotopic (exact) mass is 216 g/mol. The highest BCUT2D eigenvalue weighted by Crippen LogP contribution is 2.23. The maximum Gasteiger partial charge on any atom is 0.251 e. The molecule has 0 aliphatic carbocycles. The molecule has 3 heteroatoms. The largest absolute Gasteiger partial charge is 0.384 e. The highest BCUT2D eigenvalue weighted by atomic mass is 16.1. The minimum absolute atomic E-state index is 0.00582. The summed E-state index contributed by atoms with van der Waals surface area (Å²) >= 11 is 0. The number of fused-ring (bicyclic) bond motifs is 1. The summed E-state index contributed by atoms with van der Waals surface area (Å²) in [6, 6.07) is 5.79. The molecule has 1 atom stereocenters. The Hall–Kier alpha value is -1.77. The Balaban J connectivity index is 2.15. The molecule has 2 N–H and O–H groups in total. The predicted octanol–water partition coefficient (Wildman–Crippen LogP) is 1.96. The Kier molecular flexibility index (Phi) is 2.95. The molecule has 1 aliphatic rings. The Morgan fingerprint density at radius 2 is 2.44 bits per heavy atom. The molecule has 3 nitrogen and oxygen atoms in total. The molecule has 84 valence electrons. The van der Waals surface area contributed by atoms with E-state index in [0.717, 1.165) is 18.7 Å². The van der Waals surface area contributed by atoms with Crippen LogP contribution < -0.4 is 10.6 Å². The fourth-order valence-corrected chi connectivity index (χ4v) is 1.78. The first-order valence-corrected chi connectivity index (χ1v) is 5.51. The molecule has 16 heavy (non-hydrogen) atoms. The number of carbonyl (C=O) groups excluding carboxylic acids is 1. The number of nitrogens with one attached hydrogen (secondary N) is 2. The SMILES string of the molecule is C=CC(C)NC(=O)c1ccc2c(c1)NCC2. The van der Waals surface area contributed by atoms with E-state index in [2.05, 4.69) is 17.2 Å². The van der Waals surface area contributed by atoms with Crippen molar-refractivity contribution in [3.8, 4) is 0 Å². The number of rotatable bonds is 3. The quantitative estimate of drug-likeness (QED) is 0.758. The molecule has 0 aromatic heterocycles. The van der Waals surface area contributed by atoms with Crippen LogP contribution in [0.4, 0.5) is 5.69 Å². The molecular formula is C13H16N2O. The van der Waals surface area contributed by atoms with E-state index in [9.17, 15) is 4.79 Å². The molecule has 0 spiro atoms. The van der Waals surface area contributed by atoms with Crippen molar-refractivity contribution in [1.29, 1.82) is 0 Å². The standard InChI is InChI=1S/C13H16N2O/c1-3-9(2)15-13(16)11-5-4-10-6-7-14-12(10)8-11/h3-5,8-9,14H,1,6-7H2,2H3,(H,15,16). The van der Waals surface area contributed by atoms with Crippen molar-refractivity contribution in [3.05, 3.63) is 42.0 Å². The third-order valence-electron chi connectivity index (χ3n) is 2.79. The Morgan fingerprint density at radius 1 is 1.62 bits per heavy atom. The first kappa shape index (κ1) is 10.7. The van der Waals surface area contributed by atoms with Gasteiger partial charge in [0.25, 0.3) is 5.91 Å². The first-order valence-electron chi connectivity index (χ1n) is 5.51. The lowest BCUT2D eigenvalue weighted by Gasteiger charge is -2.10. The van der Waals surface area contributed by atoms with Gasteiger partial charge in [0.05, 0.1) is 0 Å². The summed E-state index contributed by atoms with van der Waals surface area (Å²) in [7, 11) is 0. The molecule has 1 aromatic rings. The van der Waals surface area contributed by atoms with Crippen molar-refractivity contribution in [3.63, 3.8) is 0 Å². The van der Waals surface area contributed by atoms with Crippen LogP contribution in [-0.4, -0.2) is 18.5 Å². The topological polar surface area (TPSA) is 41.1 Å². The zero-order valence-electron chi connectivity index (χ0n) is 9.42. The van der Waals surface area contributed by atoms with Crippen molar-refractivity contribution in [1.82, 2.24) is 5.32 Å². The van der Waals surface area contributed by atoms with E-state index in [1.165, 1.54) is 5.56 Å². The van der Waals surface area contributed by atoms with Crippen LogP contribution in [0.5, 0.6) is 0 Å². The van der Waals surface area contributed by atoms with E-state index in [1.54, 1.807) is 6.08 Å². The van der Waals surface area contributed by atoms with Crippen molar-refractivity contribution >= 4 is 11.6 Å². The lowest BCUT2D eigenvalue weighted by atomic mass is 10.1.